The molecular formula is C15H16N2O. The fourth-order valence-electron chi connectivity index (χ4n) is 1.84. The molecule has 0 fully saturated rings. The molecule has 0 amide bonds. The van der Waals surface area contributed by atoms with Crippen molar-refractivity contribution in [3.8, 4) is 0 Å². The smallest absolute Gasteiger partial charge is 0.185 e. The molecule has 0 bridgehead atoms. The molecule has 0 spiro atoms. The van der Waals surface area contributed by atoms with Crippen molar-refractivity contribution in [1.82, 2.24) is 9.78 Å². The van der Waals surface area contributed by atoms with E-state index in [-0.39, 0.29) is 5.78 Å². The molecule has 1 aromatic carbocycles. The van der Waals surface area contributed by atoms with Gasteiger partial charge in [-0.25, -0.2) is 0 Å². The third kappa shape index (κ3) is 2.74. The molecule has 0 unspecified atom stereocenters. The highest BCUT2D eigenvalue weighted by atomic mass is 16.1. The van der Waals surface area contributed by atoms with Crippen LogP contribution >= 0.6 is 0 Å². The van der Waals surface area contributed by atoms with Crippen molar-refractivity contribution >= 4 is 11.9 Å². The van der Waals surface area contributed by atoms with Gasteiger partial charge in [-0.2, -0.15) is 5.10 Å². The molecule has 2 aromatic rings. The zero-order valence-corrected chi connectivity index (χ0v) is 10.8. The lowest BCUT2D eigenvalue weighted by atomic mass is 10.1. The summed E-state index contributed by atoms with van der Waals surface area (Å²) in [6, 6.07) is 7.59. The van der Waals surface area contributed by atoms with Gasteiger partial charge in [0, 0.05) is 24.4 Å². The van der Waals surface area contributed by atoms with Crippen LogP contribution in [0.25, 0.3) is 6.08 Å². The molecule has 3 nitrogen and oxygen atoms in total. The molecule has 92 valence electrons. The summed E-state index contributed by atoms with van der Waals surface area (Å²) in [5.74, 6) is 0.0157. The molecule has 0 aliphatic heterocycles. The highest BCUT2D eigenvalue weighted by molar-refractivity contribution is 6.06. The van der Waals surface area contributed by atoms with Crippen LogP contribution in [0.15, 0.2) is 36.5 Å². The van der Waals surface area contributed by atoms with Gasteiger partial charge in [-0.3, -0.25) is 9.48 Å². The first-order valence-corrected chi connectivity index (χ1v) is 5.85. The van der Waals surface area contributed by atoms with E-state index in [0.717, 1.165) is 16.8 Å². The average molecular weight is 240 g/mol. The molecule has 0 saturated heterocycles. The Hall–Kier alpha value is -2.16. The first kappa shape index (κ1) is 12.3. The molecule has 1 heterocycles. The Morgan fingerprint density at radius 2 is 2.11 bits per heavy atom. The predicted molar refractivity (Wildman–Crippen MR) is 72.5 cm³/mol. The number of benzene rings is 1. The summed E-state index contributed by atoms with van der Waals surface area (Å²) in [5, 5.41) is 4.23. The molecule has 18 heavy (non-hydrogen) atoms. The summed E-state index contributed by atoms with van der Waals surface area (Å²) in [4.78, 5) is 12.0. The maximum absolute atomic E-state index is 12.0. The summed E-state index contributed by atoms with van der Waals surface area (Å²) < 4.78 is 1.74. The number of aryl methyl sites for hydroxylation is 3. The van der Waals surface area contributed by atoms with Gasteiger partial charge in [0.2, 0.25) is 0 Å². The van der Waals surface area contributed by atoms with Crippen molar-refractivity contribution in [2.75, 3.05) is 0 Å². The number of hydrogen-bond acceptors (Lipinski definition) is 2. The molecule has 2 rings (SSSR count). The fraction of sp³-hybridized carbons (Fsp3) is 0.200. The van der Waals surface area contributed by atoms with Crippen LogP contribution in [0.4, 0.5) is 0 Å². The minimum absolute atomic E-state index is 0.0157. The topological polar surface area (TPSA) is 34.9 Å². The van der Waals surface area contributed by atoms with Crippen molar-refractivity contribution in [2.24, 2.45) is 7.05 Å². The van der Waals surface area contributed by atoms with E-state index in [1.54, 1.807) is 10.8 Å². The Morgan fingerprint density at radius 3 is 2.72 bits per heavy atom. The Labute approximate surface area is 107 Å². The van der Waals surface area contributed by atoms with Gasteiger partial charge < -0.3 is 0 Å². The maximum Gasteiger partial charge on any atom is 0.185 e. The number of hydrogen-bond donors (Lipinski definition) is 0. The van der Waals surface area contributed by atoms with Crippen molar-refractivity contribution in [3.05, 3.63) is 58.9 Å². The molecular weight excluding hydrogens is 224 g/mol. The highest BCUT2D eigenvalue weighted by Crippen LogP contribution is 2.10. The first-order chi connectivity index (χ1) is 8.56. The van der Waals surface area contributed by atoms with Crippen LogP contribution in [0.1, 0.15) is 27.2 Å². The van der Waals surface area contributed by atoms with Gasteiger partial charge in [-0.1, -0.05) is 23.8 Å². The van der Waals surface area contributed by atoms with E-state index in [9.17, 15) is 4.79 Å². The van der Waals surface area contributed by atoms with Crippen molar-refractivity contribution < 1.29 is 4.79 Å². The van der Waals surface area contributed by atoms with Gasteiger partial charge in [0.15, 0.2) is 5.78 Å². The van der Waals surface area contributed by atoms with Crippen LogP contribution in [0, 0.1) is 13.8 Å². The summed E-state index contributed by atoms with van der Waals surface area (Å²) in [7, 11) is 1.87. The summed E-state index contributed by atoms with van der Waals surface area (Å²) >= 11 is 0. The summed E-state index contributed by atoms with van der Waals surface area (Å²) in [6.07, 6.45) is 5.31. The van der Waals surface area contributed by atoms with E-state index in [4.69, 9.17) is 0 Å². The van der Waals surface area contributed by atoms with E-state index in [1.165, 1.54) is 0 Å². The van der Waals surface area contributed by atoms with Gasteiger partial charge in [0.25, 0.3) is 0 Å². The van der Waals surface area contributed by atoms with Crippen LogP contribution in [-0.2, 0) is 7.05 Å². The van der Waals surface area contributed by atoms with Crippen molar-refractivity contribution in [2.45, 2.75) is 13.8 Å². The molecule has 1 aromatic heterocycles. The van der Waals surface area contributed by atoms with Crippen LogP contribution < -0.4 is 0 Å². The van der Waals surface area contributed by atoms with Crippen molar-refractivity contribution in [1.29, 1.82) is 0 Å². The molecule has 0 saturated carbocycles. The van der Waals surface area contributed by atoms with Gasteiger partial charge >= 0.3 is 0 Å². The number of nitrogens with zero attached hydrogens (tertiary/aromatic N) is 2. The van der Waals surface area contributed by atoms with E-state index in [1.807, 2.05) is 57.4 Å². The Bertz CT molecular complexity index is 609. The van der Waals surface area contributed by atoms with Crippen LogP contribution in [0.5, 0.6) is 0 Å². The molecule has 0 atom stereocenters. The largest absolute Gasteiger partial charge is 0.289 e. The lowest BCUT2D eigenvalue weighted by molar-refractivity contribution is 0.104. The van der Waals surface area contributed by atoms with Crippen LogP contribution in [0.3, 0.4) is 0 Å². The SMILES string of the molecule is Cc1cccc(C(=O)/C=C/c2cn(C)nc2C)c1. The number of carbonyl (C=O) groups is 1. The molecule has 0 aliphatic carbocycles. The number of aromatic nitrogens is 2. The second kappa shape index (κ2) is 5.00. The van der Waals surface area contributed by atoms with E-state index < -0.39 is 0 Å². The average Bonchev–Trinajstić information content (AvgIpc) is 2.65. The minimum Gasteiger partial charge on any atom is -0.289 e. The quantitative estimate of drug-likeness (QED) is 0.610. The standard InChI is InChI=1S/C15H16N2O/c1-11-5-4-6-13(9-11)15(18)8-7-14-10-17(3)16-12(14)2/h4-10H,1-3H3/b8-7+. The van der Waals surface area contributed by atoms with Gasteiger partial charge in [0.05, 0.1) is 5.69 Å². The molecule has 0 N–H and O–H groups in total. The molecule has 0 radical (unpaired) electrons. The van der Waals surface area contributed by atoms with Crippen molar-refractivity contribution in [3.63, 3.8) is 0 Å². The normalized spacial score (nSPS) is 11.1. The maximum atomic E-state index is 12.0. The molecule has 3 heteroatoms. The molecule has 0 aliphatic rings. The first-order valence-electron chi connectivity index (χ1n) is 5.85. The van der Waals surface area contributed by atoms with Gasteiger partial charge in [-0.15, -0.1) is 0 Å². The second-order valence-corrected chi connectivity index (χ2v) is 4.41. The zero-order chi connectivity index (χ0) is 13.1. The van der Waals surface area contributed by atoms with Gasteiger partial charge in [0.1, 0.15) is 0 Å². The number of ketones is 1. The summed E-state index contributed by atoms with van der Waals surface area (Å²) in [5.41, 5.74) is 3.70. The number of carbonyl (C=O) groups excluding carboxylic acids is 1. The number of allylic oxidation sites excluding steroid dienone is 1. The zero-order valence-electron chi connectivity index (χ0n) is 10.8. The minimum atomic E-state index is 0.0157. The Kier molecular flexibility index (Phi) is 3.42. The van der Waals surface area contributed by atoms with Crippen LogP contribution in [0.2, 0.25) is 0 Å². The third-order valence-electron chi connectivity index (χ3n) is 2.77. The lowest BCUT2D eigenvalue weighted by Crippen LogP contribution is -1.94. The fourth-order valence-corrected chi connectivity index (χ4v) is 1.84. The highest BCUT2D eigenvalue weighted by Gasteiger charge is 2.03. The van der Waals surface area contributed by atoms with Crippen LogP contribution in [-0.4, -0.2) is 15.6 Å². The van der Waals surface area contributed by atoms with E-state index in [0.29, 0.717) is 5.56 Å². The second-order valence-electron chi connectivity index (χ2n) is 4.41. The third-order valence-corrected chi connectivity index (χ3v) is 2.77. The van der Waals surface area contributed by atoms with E-state index >= 15 is 0 Å². The predicted octanol–water partition coefficient (Wildman–Crippen LogP) is 2.93. The Morgan fingerprint density at radius 1 is 1.33 bits per heavy atom. The van der Waals surface area contributed by atoms with E-state index in [2.05, 4.69) is 5.10 Å². The number of rotatable bonds is 3. The Balaban J connectivity index is 2.19. The monoisotopic (exact) mass is 240 g/mol. The lowest BCUT2D eigenvalue weighted by Gasteiger charge is -1.97. The van der Waals surface area contributed by atoms with Gasteiger partial charge in [-0.05, 0) is 32.1 Å². The summed E-state index contributed by atoms with van der Waals surface area (Å²) in [6.45, 7) is 3.91.